The second-order valence-corrected chi connectivity index (χ2v) is 5.59. The van der Waals surface area contributed by atoms with Crippen molar-refractivity contribution in [2.45, 2.75) is 32.4 Å². The number of aliphatic carboxylic acids is 1. The Hall–Kier alpha value is -2.52. The average Bonchev–Trinajstić information content (AvgIpc) is 2.41. The third-order valence-electron chi connectivity index (χ3n) is 2.47. The van der Waals surface area contributed by atoms with Crippen molar-refractivity contribution < 1.29 is 29.4 Å². The van der Waals surface area contributed by atoms with Gasteiger partial charge in [0.05, 0.1) is 5.69 Å². The maximum absolute atomic E-state index is 11.6. The van der Waals surface area contributed by atoms with Gasteiger partial charge in [-0.2, -0.15) is 0 Å². The number of ether oxygens (including phenoxy) is 2. The zero-order valence-corrected chi connectivity index (χ0v) is 13.0. The molecule has 1 aromatic carbocycles. The molecule has 3 N–H and O–H groups in total. The molecule has 0 radical (unpaired) electrons. The van der Waals surface area contributed by atoms with E-state index < -0.39 is 35.5 Å². The minimum Gasteiger partial charge on any atom is -0.733 e. The quantitative estimate of drug-likeness (QED) is 0.673. The fourth-order valence-corrected chi connectivity index (χ4v) is 1.53. The molecule has 9 nitrogen and oxygen atoms in total. The molecule has 0 fully saturated rings. The van der Waals surface area contributed by atoms with Gasteiger partial charge < -0.3 is 30.3 Å². The summed E-state index contributed by atoms with van der Waals surface area (Å²) in [7, 11) is 0. The van der Waals surface area contributed by atoms with Gasteiger partial charge in [-0.25, -0.2) is 9.59 Å². The molecule has 0 saturated heterocycles. The lowest BCUT2D eigenvalue weighted by Crippen LogP contribution is -2.46. The van der Waals surface area contributed by atoms with Crippen LogP contribution in [0.15, 0.2) is 24.3 Å². The van der Waals surface area contributed by atoms with Crippen LogP contribution in [-0.2, 0) is 9.53 Å². The number of hydrogen-bond donors (Lipinski definition) is 3. The second-order valence-electron chi connectivity index (χ2n) is 5.59. The van der Waals surface area contributed by atoms with Gasteiger partial charge in [-0.1, -0.05) is 12.1 Å². The van der Waals surface area contributed by atoms with E-state index in [0.29, 0.717) is 0 Å². The van der Waals surface area contributed by atoms with E-state index in [1.807, 2.05) is 0 Å². The van der Waals surface area contributed by atoms with Crippen molar-refractivity contribution in [1.29, 1.82) is 0 Å². The number of carbonyl (C=O) groups is 2. The van der Waals surface area contributed by atoms with Crippen molar-refractivity contribution in [3.63, 3.8) is 0 Å². The van der Waals surface area contributed by atoms with Crippen LogP contribution in [0.3, 0.4) is 0 Å². The Kier molecular flexibility index (Phi) is 6.17. The molecule has 1 aromatic rings. The monoisotopic (exact) mass is 327 g/mol. The Balaban J connectivity index is 2.71. The molecule has 0 aliphatic carbocycles. The summed E-state index contributed by atoms with van der Waals surface area (Å²) >= 11 is 0. The molecule has 1 rings (SSSR count). The van der Waals surface area contributed by atoms with Gasteiger partial charge in [-0.15, -0.1) is 0 Å². The van der Waals surface area contributed by atoms with Gasteiger partial charge in [0, 0.05) is 0 Å². The van der Waals surface area contributed by atoms with Crippen LogP contribution in [0.1, 0.15) is 20.8 Å². The lowest BCUT2D eigenvalue weighted by molar-refractivity contribution is -0.140. The molecule has 0 aliphatic rings. The van der Waals surface area contributed by atoms with Gasteiger partial charge in [-0.05, 0) is 32.9 Å². The van der Waals surface area contributed by atoms with Gasteiger partial charge in [0.15, 0.2) is 6.04 Å². The molecule has 23 heavy (non-hydrogen) atoms. The van der Waals surface area contributed by atoms with E-state index in [-0.39, 0.29) is 11.4 Å². The summed E-state index contributed by atoms with van der Waals surface area (Å²) in [6, 6.07) is 4.31. The first kappa shape index (κ1) is 18.5. The van der Waals surface area contributed by atoms with Gasteiger partial charge in [-0.3, -0.25) is 5.21 Å². The average molecular weight is 327 g/mol. The van der Waals surface area contributed by atoms with E-state index in [0.717, 1.165) is 0 Å². The predicted octanol–water partition coefficient (Wildman–Crippen LogP) is 1.74. The van der Waals surface area contributed by atoms with Crippen LogP contribution in [0, 0.1) is 5.21 Å². The molecule has 0 saturated carbocycles. The number of carboxylic acids is 1. The number of nitrogens with zero attached hydrogens (tertiary/aromatic N) is 1. The number of nitrogens with one attached hydrogen (secondary N) is 1. The van der Waals surface area contributed by atoms with Crippen molar-refractivity contribution in [2.24, 2.45) is 0 Å². The maximum Gasteiger partial charge on any atom is 0.408 e. The smallest absolute Gasteiger partial charge is 0.408 e. The molecule has 128 valence electrons. The highest BCUT2D eigenvalue weighted by molar-refractivity contribution is 5.80. The van der Waals surface area contributed by atoms with Crippen LogP contribution < -0.4 is 15.3 Å². The molecular formula is C14H19N2O7-. The van der Waals surface area contributed by atoms with Crippen molar-refractivity contribution in [1.82, 2.24) is 5.32 Å². The van der Waals surface area contributed by atoms with Crippen molar-refractivity contribution in [3.05, 3.63) is 29.5 Å². The summed E-state index contributed by atoms with van der Waals surface area (Å²) in [5, 5.41) is 30.8. The number of hydrogen-bond acceptors (Lipinski definition) is 7. The first-order valence-electron chi connectivity index (χ1n) is 6.70. The normalized spacial score (nSPS) is 12.2. The first-order chi connectivity index (χ1) is 10.6. The summed E-state index contributed by atoms with van der Waals surface area (Å²) in [6.07, 6.45) is -0.908. The standard InChI is InChI=1S/C14H19N2O7/c1-14(2,3)23-13(19)15-9(12(17)18)8-22-11-7-5-4-6-10(11)16(20)21/h4-7,9,20H,8H2,1-3H3,(H,15,19)(H,17,18)/q-1/t9-/m0/s1. The Bertz CT molecular complexity index is 554. The number of para-hydroxylation sites is 2. The summed E-state index contributed by atoms with van der Waals surface area (Å²) in [4.78, 5) is 22.8. The summed E-state index contributed by atoms with van der Waals surface area (Å²) in [5.41, 5.74) is -0.963. The summed E-state index contributed by atoms with van der Waals surface area (Å²) < 4.78 is 10.2. The molecule has 0 heterocycles. The fourth-order valence-electron chi connectivity index (χ4n) is 1.53. The Morgan fingerprint density at radius 3 is 2.48 bits per heavy atom. The zero-order chi connectivity index (χ0) is 17.6. The molecule has 1 amide bonds. The van der Waals surface area contributed by atoms with Crippen molar-refractivity contribution in [2.75, 3.05) is 11.8 Å². The Labute approximate surface area is 133 Å². The van der Waals surface area contributed by atoms with E-state index in [9.17, 15) is 14.8 Å². The molecule has 0 aromatic heterocycles. The van der Waals surface area contributed by atoms with Gasteiger partial charge in [0.25, 0.3) is 0 Å². The highest BCUT2D eigenvalue weighted by Gasteiger charge is 2.24. The highest BCUT2D eigenvalue weighted by Crippen LogP contribution is 2.26. The highest BCUT2D eigenvalue weighted by atomic mass is 16.8. The number of carboxylic acid groups (broad SMARTS) is 1. The molecule has 1 atom stereocenters. The largest absolute Gasteiger partial charge is 0.733 e. The lowest BCUT2D eigenvalue weighted by atomic mass is 10.2. The predicted molar refractivity (Wildman–Crippen MR) is 80.4 cm³/mol. The number of rotatable bonds is 6. The third-order valence-corrected chi connectivity index (χ3v) is 2.47. The van der Waals surface area contributed by atoms with E-state index >= 15 is 0 Å². The Morgan fingerprint density at radius 1 is 1.35 bits per heavy atom. The number of amides is 1. The van der Waals surface area contributed by atoms with E-state index in [1.165, 1.54) is 18.2 Å². The second kappa shape index (κ2) is 7.65. The van der Waals surface area contributed by atoms with Crippen molar-refractivity contribution in [3.8, 4) is 5.75 Å². The number of carbonyl (C=O) groups excluding carboxylic acids is 1. The van der Waals surface area contributed by atoms with Crippen LogP contribution in [0.25, 0.3) is 0 Å². The molecule has 0 bridgehead atoms. The number of alkyl carbamates (subject to hydrolysis) is 1. The van der Waals surface area contributed by atoms with E-state index in [2.05, 4.69) is 5.32 Å². The SMILES string of the molecule is CC(C)(C)OC(=O)N[C@@H](COc1ccccc1N([O-])O)C(=O)O. The van der Waals surface area contributed by atoms with Crippen molar-refractivity contribution >= 4 is 17.7 Å². The zero-order valence-electron chi connectivity index (χ0n) is 13.0. The maximum atomic E-state index is 11.6. The van der Waals surface area contributed by atoms with Gasteiger partial charge in [0.2, 0.25) is 0 Å². The first-order valence-corrected chi connectivity index (χ1v) is 6.70. The van der Waals surface area contributed by atoms with Crippen LogP contribution in [0.4, 0.5) is 10.5 Å². The third kappa shape index (κ3) is 6.41. The molecule has 0 aliphatic heterocycles. The summed E-state index contributed by atoms with van der Waals surface area (Å²) in [5.74, 6) is -1.36. The Morgan fingerprint density at radius 2 is 1.96 bits per heavy atom. The van der Waals surface area contributed by atoms with Gasteiger partial charge >= 0.3 is 12.1 Å². The van der Waals surface area contributed by atoms with Crippen LogP contribution in [-0.4, -0.2) is 40.6 Å². The minimum absolute atomic E-state index is 0.0257. The molecule has 0 unspecified atom stereocenters. The van der Waals surface area contributed by atoms with Crippen LogP contribution in [0.5, 0.6) is 5.75 Å². The molecular weight excluding hydrogens is 308 g/mol. The minimum atomic E-state index is -1.39. The molecule has 0 spiro atoms. The lowest BCUT2D eigenvalue weighted by Gasteiger charge is -2.25. The summed E-state index contributed by atoms with van der Waals surface area (Å²) in [6.45, 7) is 4.46. The van der Waals surface area contributed by atoms with Crippen LogP contribution >= 0.6 is 0 Å². The fraction of sp³-hybridized carbons (Fsp3) is 0.429. The van der Waals surface area contributed by atoms with E-state index in [1.54, 1.807) is 26.8 Å². The number of anilines is 1. The van der Waals surface area contributed by atoms with Gasteiger partial charge in [0.1, 0.15) is 18.0 Å². The van der Waals surface area contributed by atoms with E-state index in [4.69, 9.17) is 19.8 Å². The number of benzene rings is 1. The topological polar surface area (TPSA) is 131 Å². The molecule has 9 heteroatoms. The van der Waals surface area contributed by atoms with Crippen LogP contribution in [0.2, 0.25) is 0 Å².